The van der Waals surface area contributed by atoms with E-state index in [1.165, 1.54) is 31.6 Å². The second kappa shape index (κ2) is 3.94. The Labute approximate surface area is 102 Å². The van der Waals surface area contributed by atoms with Crippen LogP contribution < -0.4 is 10.2 Å². The van der Waals surface area contributed by atoms with Crippen molar-refractivity contribution in [3.05, 3.63) is 29.3 Å². The van der Waals surface area contributed by atoms with Crippen molar-refractivity contribution in [1.82, 2.24) is 5.32 Å². The predicted octanol–water partition coefficient (Wildman–Crippen LogP) is 2.53. The third kappa shape index (κ3) is 1.70. The van der Waals surface area contributed by atoms with E-state index in [1.54, 1.807) is 0 Å². The van der Waals surface area contributed by atoms with E-state index >= 15 is 0 Å². The lowest BCUT2D eigenvalue weighted by atomic mass is 9.74. The number of piperidine rings is 1. The lowest BCUT2D eigenvalue weighted by Gasteiger charge is -2.53. The second-order valence-electron chi connectivity index (χ2n) is 5.09. The highest BCUT2D eigenvalue weighted by Gasteiger charge is 2.43. The van der Waals surface area contributed by atoms with Crippen molar-refractivity contribution >= 4 is 17.3 Å². The molecule has 0 radical (unpaired) electrons. The van der Waals surface area contributed by atoms with Crippen LogP contribution in [-0.4, -0.2) is 26.2 Å². The van der Waals surface area contributed by atoms with E-state index in [0.717, 1.165) is 18.1 Å². The highest BCUT2D eigenvalue weighted by Crippen LogP contribution is 2.41. The Bertz CT molecular complexity index is 377. The van der Waals surface area contributed by atoms with Crippen LogP contribution in [-0.2, 0) is 0 Å². The first-order valence-electron chi connectivity index (χ1n) is 5.99. The van der Waals surface area contributed by atoms with Gasteiger partial charge in [0.15, 0.2) is 0 Å². The van der Waals surface area contributed by atoms with Crippen LogP contribution >= 0.6 is 11.6 Å². The zero-order valence-corrected chi connectivity index (χ0v) is 10.1. The van der Waals surface area contributed by atoms with Gasteiger partial charge in [0.1, 0.15) is 0 Å². The number of para-hydroxylation sites is 1. The molecule has 1 aromatic rings. The Morgan fingerprint density at radius 1 is 1.25 bits per heavy atom. The van der Waals surface area contributed by atoms with Crippen LogP contribution in [0.3, 0.4) is 0 Å². The molecule has 0 unspecified atom stereocenters. The van der Waals surface area contributed by atoms with Gasteiger partial charge in [0.05, 0.1) is 10.7 Å². The monoisotopic (exact) mass is 236 g/mol. The van der Waals surface area contributed by atoms with Crippen LogP contribution in [0.2, 0.25) is 5.02 Å². The Morgan fingerprint density at radius 2 is 2.06 bits per heavy atom. The smallest absolute Gasteiger partial charge is 0.0639 e. The molecule has 3 heteroatoms. The molecule has 0 saturated carbocycles. The fraction of sp³-hybridized carbons (Fsp3) is 0.538. The summed E-state index contributed by atoms with van der Waals surface area (Å²) in [7, 11) is 0. The summed E-state index contributed by atoms with van der Waals surface area (Å²) in [6.07, 6.45) is 2.68. The molecule has 1 spiro atoms. The number of rotatable bonds is 1. The van der Waals surface area contributed by atoms with Gasteiger partial charge in [-0.25, -0.2) is 0 Å². The molecule has 0 amide bonds. The summed E-state index contributed by atoms with van der Waals surface area (Å²) in [4.78, 5) is 2.40. The van der Waals surface area contributed by atoms with E-state index in [4.69, 9.17) is 11.6 Å². The lowest BCUT2D eigenvalue weighted by Crippen LogP contribution is -2.62. The summed E-state index contributed by atoms with van der Waals surface area (Å²) in [6, 6.07) is 8.14. The SMILES string of the molecule is Clc1ccccc1N1CC2(CCCNC2)C1. The topological polar surface area (TPSA) is 15.3 Å². The number of nitrogens with zero attached hydrogens (tertiary/aromatic N) is 1. The minimum Gasteiger partial charge on any atom is -0.369 e. The van der Waals surface area contributed by atoms with E-state index < -0.39 is 0 Å². The minimum absolute atomic E-state index is 0.525. The molecule has 16 heavy (non-hydrogen) atoms. The number of anilines is 1. The molecule has 0 bridgehead atoms. The van der Waals surface area contributed by atoms with Crippen molar-refractivity contribution in [1.29, 1.82) is 0 Å². The maximum atomic E-state index is 6.20. The minimum atomic E-state index is 0.525. The first-order valence-corrected chi connectivity index (χ1v) is 6.37. The quantitative estimate of drug-likeness (QED) is 0.806. The van der Waals surface area contributed by atoms with Crippen molar-refractivity contribution in [2.45, 2.75) is 12.8 Å². The first kappa shape index (κ1) is 10.4. The summed E-state index contributed by atoms with van der Waals surface area (Å²) in [5.41, 5.74) is 1.72. The summed E-state index contributed by atoms with van der Waals surface area (Å²) in [5.74, 6) is 0. The van der Waals surface area contributed by atoms with Crippen molar-refractivity contribution in [2.75, 3.05) is 31.1 Å². The molecule has 2 heterocycles. The number of hydrogen-bond acceptors (Lipinski definition) is 2. The normalized spacial score (nSPS) is 23.2. The summed E-state index contributed by atoms with van der Waals surface area (Å²) < 4.78 is 0. The van der Waals surface area contributed by atoms with Gasteiger partial charge in [0, 0.05) is 25.0 Å². The predicted molar refractivity (Wildman–Crippen MR) is 68.2 cm³/mol. The highest BCUT2D eigenvalue weighted by molar-refractivity contribution is 6.33. The number of halogens is 1. The van der Waals surface area contributed by atoms with Gasteiger partial charge < -0.3 is 10.2 Å². The molecule has 2 saturated heterocycles. The fourth-order valence-corrected chi connectivity index (χ4v) is 3.20. The molecule has 2 aliphatic rings. The van der Waals surface area contributed by atoms with Gasteiger partial charge in [-0.2, -0.15) is 0 Å². The van der Waals surface area contributed by atoms with Crippen LogP contribution in [0, 0.1) is 5.41 Å². The molecule has 1 aromatic carbocycles. The van der Waals surface area contributed by atoms with E-state index in [2.05, 4.69) is 22.3 Å². The number of benzene rings is 1. The Kier molecular flexibility index (Phi) is 2.56. The molecule has 0 aliphatic carbocycles. The third-order valence-electron chi connectivity index (χ3n) is 3.81. The second-order valence-corrected chi connectivity index (χ2v) is 5.50. The van der Waals surface area contributed by atoms with Gasteiger partial charge in [-0.3, -0.25) is 0 Å². The Balaban J connectivity index is 1.71. The van der Waals surface area contributed by atoms with Gasteiger partial charge >= 0.3 is 0 Å². The van der Waals surface area contributed by atoms with Crippen LogP contribution in [0.5, 0.6) is 0 Å². The molecule has 0 aromatic heterocycles. The summed E-state index contributed by atoms with van der Waals surface area (Å²) in [5, 5.41) is 4.38. The van der Waals surface area contributed by atoms with Crippen molar-refractivity contribution in [3.63, 3.8) is 0 Å². The molecule has 2 fully saturated rings. The van der Waals surface area contributed by atoms with E-state index in [-0.39, 0.29) is 0 Å². The highest BCUT2D eigenvalue weighted by atomic mass is 35.5. The third-order valence-corrected chi connectivity index (χ3v) is 4.13. The zero-order valence-electron chi connectivity index (χ0n) is 9.38. The van der Waals surface area contributed by atoms with Gasteiger partial charge in [0.2, 0.25) is 0 Å². The molecule has 2 aliphatic heterocycles. The van der Waals surface area contributed by atoms with E-state index in [9.17, 15) is 0 Å². The maximum absolute atomic E-state index is 6.20. The van der Waals surface area contributed by atoms with Gasteiger partial charge in [-0.15, -0.1) is 0 Å². The van der Waals surface area contributed by atoms with Crippen molar-refractivity contribution in [3.8, 4) is 0 Å². The summed E-state index contributed by atoms with van der Waals surface area (Å²) >= 11 is 6.20. The van der Waals surface area contributed by atoms with E-state index in [1.807, 2.05) is 12.1 Å². The first-order chi connectivity index (χ1) is 7.79. The fourth-order valence-electron chi connectivity index (χ4n) is 2.94. The average molecular weight is 237 g/mol. The molecule has 3 rings (SSSR count). The van der Waals surface area contributed by atoms with Crippen LogP contribution in [0.4, 0.5) is 5.69 Å². The average Bonchev–Trinajstić information content (AvgIpc) is 2.28. The lowest BCUT2D eigenvalue weighted by molar-refractivity contribution is 0.157. The maximum Gasteiger partial charge on any atom is 0.0639 e. The van der Waals surface area contributed by atoms with E-state index in [0.29, 0.717) is 5.41 Å². The van der Waals surface area contributed by atoms with Gasteiger partial charge in [0.25, 0.3) is 0 Å². The molecular formula is C13H17ClN2. The van der Waals surface area contributed by atoms with Crippen LogP contribution in [0.15, 0.2) is 24.3 Å². The molecule has 1 N–H and O–H groups in total. The van der Waals surface area contributed by atoms with Crippen LogP contribution in [0.25, 0.3) is 0 Å². The Hall–Kier alpha value is -0.730. The molecule has 0 atom stereocenters. The molecule has 86 valence electrons. The van der Waals surface area contributed by atoms with Gasteiger partial charge in [-0.05, 0) is 31.5 Å². The number of nitrogens with one attached hydrogen (secondary N) is 1. The van der Waals surface area contributed by atoms with Crippen molar-refractivity contribution < 1.29 is 0 Å². The molecule has 2 nitrogen and oxygen atoms in total. The Morgan fingerprint density at radius 3 is 2.75 bits per heavy atom. The van der Waals surface area contributed by atoms with Gasteiger partial charge in [-0.1, -0.05) is 23.7 Å². The van der Waals surface area contributed by atoms with Crippen molar-refractivity contribution in [2.24, 2.45) is 5.41 Å². The standard InChI is InChI=1S/C13H17ClN2/c14-11-4-1-2-5-12(11)16-9-13(10-16)6-3-7-15-8-13/h1-2,4-5,15H,3,6-10H2. The zero-order chi connectivity index (χ0) is 11.0. The largest absolute Gasteiger partial charge is 0.369 e. The van der Waals surface area contributed by atoms with Crippen LogP contribution in [0.1, 0.15) is 12.8 Å². The molecular weight excluding hydrogens is 220 g/mol. The summed E-state index contributed by atoms with van der Waals surface area (Å²) in [6.45, 7) is 4.68. The number of hydrogen-bond donors (Lipinski definition) is 1.